The van der Waals surface area contributed by atoms with Crippen LogP contribution in [0.25, 0.3) is 11.5 Å². The third-order valence-electron chi connectivity index (χ3n) is 5.08. The molecule has 190 valence electrons. The minimum absolute atomic E-state index is 0.128. The first-order valence-electron chi connectivity index (χ1n) is 11.3. The van der Waals surface area contributed by atoms with Crippen molar-refractivity contribution < 1.29 is 18.0 Å². The van der Waals surface area contributed by atoms with Gasteiger partial charge in [-0.2, -0.15) is 9.97 Å². The summed E-state index contributed by atoms with van der Waals surface area (Å²) in [5.41, 5.74) is 8.92. The van der Waals surface area contributed by atoms with Crippen molar-refractivity contribution in [2.24, 2.45) is 0 Å². The van der Waals surface area contributed by atoms with Crippen molar-refractivity contribution in [1.29, 1.82) is 0 Å². The van der Waals surface area contributed by atoms with Crippen LogP contribution in [-0.2, 0) is 16.3 Å². The van der Waals surface area contributed by atoms with Crippen molar-refractivity contribution in [3.63, 3.8) is 0 Å². The lowest BCUT2D eigenvalue weighted by Crippen LogP contribution is -2.04. The Morgan fingerprint density at radius 3 is 2.39 bits per heavy atom. The maximum atomic E-state index is 11.7. The van der Waals surface area contributed by atoms with E-state index in [2.05, 4.69) is 25.4 Å². The molecule has 0 aliphatic heterocycles. The number of aliphatic hydroxyl groups is 1. The predicted molar refractivity (Wildman–Crippen MR) is 139 cm³/mol. The Labute approximate surface area is 210 Å². The largest absolute Gasteiger partial charge is 0.396 e. The number of aliphatic hydroxyl groups excluding tert-OH is 1. The number of nitrogens with one attached hydrogen (secondary N) is 1. The molecular weight excluding hydrogens is 480 g/mol. The molecule has 0 aliphatic rings. The van der Waals surface area contributed by atoms with Crippen LogP contribution >= 0.6 is 0 Å². The molecule has 0 radical (unpaired) electrons. The van der Waals surface area contributed by atoms with Crippen molar-refractivity contribution in [2.75, 3.05) is 23.9 Å². The fraction of sp³-hybridized carbons (Fsp3) is 0.280. The Bertz CT molecular complexity index is 1410. The topological polar surface area (TPSA) is 157 Å². The molecule has 0 amide bonds. The van der Waals surface area contributed by atoms with E-state index in [1.54, 1.807) is 19.1 Å². The van der Waals surface area contributed by atoms with E-state index in [0.29, 0.717) is 22.6 Å². The Hall–Kier alpha value is -3.83. The quantitative estimate of drug-likeness (QED) is 0.333. The lowest BCUT2D eigenvalue weighted by atomic mass is 10.2. The number of benzene rings is 2. The van der Waals surface area contributed by atoms with Crippen molar-refractivity contribution in [1.82, 2.24) is 20.1 Å². The van der Waals surface area contributed by atoms with Gasteiger partial charge in [-0.15, -0.1) is 0 Å². The Morgan fingerprint density at radius 2 is 1.83 bits per heavy atom. The lowest BCUT2D eigenvalue weighted by molar-refractivity contribution is 0.299. The first-order valence-corrected chi connectivity index (χ1v) is 13.2. The average molecular weight is 511 g/mol. The highest BCUT2D eigenvalue weighted by Gasteiger charge is 2.16. The standard InChI is InChI=1S/C17H20N6O3S.C8H10O/c1-9(2)15-22-16(26-23-15)12-8-19-17(21-14(12)18)20-11-5-6-13(10(3)7-11)27(4,24)25;9-7-6-8-4-2-1-3-5-8/h5-9H,1-4H3,(H3,18,19,20,21);1-5,9H,6-7H2. The molecule has 0 aliphatic carbocycles. The molecule has 2 heterocycles. The van der Waals surface area contributed by atoms with E-state index in [4.69, 9.17) is 15.4 Å². The molecule has 36 heavy (non-hydrogen) atoms. The third kappa shape index (κ3) is 7.09. The maximum Gasteiger partial charge on any atom is 0.263 e. The van der Waals surface area contributed by atoms with Crippen LogP contribution in [-0.4, -0.2) is 46.5 Å². The van der Waals surface area contributed by atoms with Crippen LogP contribution in [0.1, 0.15) is 36.7 Å². The van der Waals surface area contributed by atoms with Crippen LogP contribution in [0.3, 0.4) is 0 Å². The Kier molecular flexibility index (Phi) is 8.73. The SMILES string of the molecule is Cc1cc(Nc2ncc(-c3nc(C(C)C)no3)c(N)n2)ccc1S(C)(=O)=O.OCCc1ccccc1. The summed E-state index contributed by atoms with van der Waals surface area (Å²) in [6.07, 6.45) is 3.44. The summed E-state index contributed by atoms with van der Waals surface area (Å²) < 4.78 is 28.6. The van der Waals surface area contributed by atoms with Crippen molar-refractivity contribution in [3.05, 3.63) is 71.7 Å². The molecule has 11 heteroatoms. The highest BCUT2D eigenvalue weighted by atomic mass is 32.2. The van der Waals surface area contributed by atoms with Crippen molar-refractivity contribution in [2.45, 2.75) is 38.0 Å². The smallest absolute Gasteiger partial charge is 0.263 e. The molecule has 4 N–H and O–H groups in total. The normalized spacial score (nSPS) is 11.2. The van der Waals surface area contributed by atoms with Gasteiger partial charge in [-0.3, -0.25) is 0 Å². The molecule has 0 unspecified atom stereocenters. The average Bonchev–Trinajstić information content (AvgIpc) is 3.30. The summed E-state index contributed by atoms with van der Waals surface area (Å²) in [6, 6.07) is 14.8. The molecule has 4 rings (SSSR count). The van der Waals surface area contributed by atoms with Crippen molar-refractivity contribution >= 4 is 27.3 Å². The van der Waals surface area contributed by atoms with E-state index >= 15 is 0 Å². The van der Waals surface area contributed by atoms with Gasteiger partial charge in [0.15, 0.2) is 15.7 Å². The summed E-state index contributed by atoms with van der Waals surface area (Å²) >= 11 is 0. The first-order chi connectivity index (χ1) is 17.1. The minimum Gasteiger partial charge on any atom is -0.396 e. The molecule has 2 aromatic carbocycles. The van der Waals surface area contributed by atoms with Gasteiger partial charge in [-0.25, -0.2) is 13.4 Å². The molecule has 4 aromatic rings. The van der Waals surface area contributed by atoms with Crippen LogP contribution in [0.5, 0.6) is 0 Å². The van der Waals surface area contributed by atoms with Gasteiger partial charge in [0, 0.05) is 30.7 Å². The molecular formula is C25H30N6O4S. The fourth-order valence-corrected chi connectivity index (χ4v) is 4.20. The summed E-state index contributed by atoms with van der Waals surface area (Å²) in [6.45, 7) is 5.88. The molecule has 0 saturated carbocycles. The second kappa shape index (κ2) is 11.7. The van der Waals surface area contributed by atoms with Gasteiger partial charge in [-0.05, 0) is 42.7 Å². The Morgan fingerprint density at radius 1 is 1.11 bits per heavy atom. The molecule has 0 atom stereocenters. The first kappa shape index (κ1) is 26.8. The van der Waals surface area contributed by atoms with Crippen LogP contribution in [0.15, 0.2) is 64.1 Å². The van der Waals surface area contributed by atoms with Gasteiger partial charge in [0.25, 0.3) is 5.89 Å². The molecule has 10 nitrogen and oxygen atoms in total. The zero-order valence-electron chi connectivity index (χ0n) is 20.6. The van der Waals surface area contributed by atoms with Crippen LogP contribution in [0.4, 0.5) is 17.5 Å². The van der Waals surface area contributed by atoms with Gasteiger partial charge in [0.2, 0.25) is 5.95 Å². The van der Waals surface area contributed by atoms with Gasteiger partial charge in [0.05, 0.1) is 4.90 Å². The van der Waals surface area contributed by atoms with Crippen LogP contribution in [0.2, 0.25) is 0 Å². The summed E-state index contributed by atoms with van der Waals surface area (Å²) in [4.78, 5) is 13.0. The third-order valence-corrected chi connectivity index (χ3v) is 6.34. The number of hydrogen-bond acceptors (Lipinski definition) is 10. The van der Waals surface area contributed by atoms with Crippen LogP contribution in [0, 0.1) is 6.92 Å². The van der Waals surface area contributed by atoms with E-state index in [1.165, 1.54) is 24.1 Å². The monoisotopic (exact) mass is 510 g/mol. The molecule has 0 bridgehead atoms. The molecule has 2 aromatic heterocycles. The molecule has 0 saturated heterocycles. The zero-order chi connectivity index (χ0) is 26.3. The predicted octanol–water partition coefficient (Wildman–Crippen LogP) is 3.91. The lowest BCUT2D eigenvalue weighted by Gasteiger charge is -2.09. The zero-order valence-corrected chi connectivity index (χ0v) is 21.5. The number of hydrogen-bond donors (Lipinski definition) is 3. The summed E-state index contributed by atoms with van der Waals surface area (Å²) in [5.74, 6) is 1.43. The maximum absolute atomic E-state index is 11.7. The van der Waals surface area contributed by atoms with E-state index in [0.717, 1.165) is 6.42 Å². The highest BCUT2D eigenvalue weighted by molar-refractivity contribution is 7.90. The number of aryl methyl sites for hydroxylation is 1. The van der Waals surface area contributed by atoms with Gasteiger partial charge < -0.3 is 20.7 Å². The summed E-state index contributed by atoms with van der Waals surface area (Å²) in [5, 5.41) is 15.4. The number of rotatable bonds is 7. The summed E-state index contributed by atoms with van der Waals surface area (Å²) in [7, 11) is -3.27. The minimum atomic E-state index is -3.27. The van der Waals surface area contributed by atoms with E-state index < -0.39 is 9.84 Å². The number of nitrogens with zero attached hydrogens (tertiary/aromatic N) is 4. The van der Waals surface area contributed by atoms with Gasteiger partial charge in [0.1, 0.15) is 11.4 Å². The fourth-order valence-electron chi connectivity index (χ4n) is 3.24. The molecule has 0 spiro atoms. The number of aromatic nitrogens is 4. The van der Waals surface area contributed by atoms with Gasteiger partial charge in [-0.1, -0.05) is 49.3 Å². The number of sulfone groups is 1. The Balaban J connectivity index is 0.000000338. The second-order valence-electron chi connectivity index (χ2n) is 8.44. The molecule has 0 fully saturated rings. The highest BCUT2D eigenvalue weighted by Crippen LogP contribution is 2.26. The van der Waals surface area contributed by atoms with Crippen LogP contribution < -0.4 is 11.1 Å². The number of nitrogen functional groups attached to an aromatic ring is 1. The number of anilines is 3. The van der Waals surface area contributed by atoms with E-state index in [9.17, 15) is 8.42 Å². The number of nitrogens with two attached hydrogens (primary N) is 1. The van der Waals surface area contributed by atoms with Crippen molar-refractivity contribution in [3.8, 4) is 11.5 Å². The van der Waals surface area contributed by atoms with E-state index in [1.807, 2.05) is 44.2 Å². The van der Waals surface area contributed by atoms with E-state index in [-0.39, 0.29) is 35.1 Å². The van der Waals surface area contributed by atoms with Gasteiger partial charge >= 0.3 is 0 Å². The second-order valence-corrected chi connectivity index (χ2v) is 10.4.